The number of hydrogen-bond acceptors (Lipinski definition) is 4. The van der Waals surface area contributed by atoms with Crippen LogP contribution in [0.1, 0.15) is 38.8 Å². The molecule has 0 bridgehead atoms. The van der Waals surface area contributed by atoms with Gasteiger partial charge >= 0.3 is 5.97 Å². The Bertz CT molecular complexity index is 508. The molecular weight excluding hydrogens is 270 g/mol. The number of aliphatic carboxylic acids is 1. The van der Waals surface area contributed by atoms with E-state index >= 15 is 0 Å². The van der Waals surface area contributed by atoms with Gasteiger partial charge in [0.25, 0.3) is 5.92 Å². The van der Waals surface area contributed by atoms with Crippen LogP contribution in [0.5, 0.6) is 0 Å². The molecule has 0 aromatic carbocycles. The summed E-state index contributed by atoms with van der Waals surface area (Å²) in [6.07, 6.45) is 0.738. The number of halogens is 2. The quantitative estimate of drug-likeness (QED) is 0.924. The number of rotatable bonds is 3. The first-order valence-electron chi connectivity index (χ1n) is 6.38. The third kappa shape index (κ3) is 3.15. The summed E-state index contributed by atoms with van der Waals surface area (Å²) in [7, 11) is 0. The van der Waals surface area contributed by atoms with Crippen LogP contribution in [0.2, 0.25) is 0 Å². The Hall–Kier alpha value is -1.50. The van der Waals surface area contributed by atoms with E-state index in [1.54, 1.807) is 0 Å². The zero-order chi connectivity index (χ0) is 15.1. The van der Waals surface area contributed by atoms with E-state index in [2.05, 4.69) is 4.98 Å². The first kappa shape index (κ1) is 14.9. The number of carbonyl (C=O) groups is 1. The number of aromatic nitrogens is 1. The molecule has 5 nitrogen and oxygen atoms in total. The average molecular weight is 288 g/mol. The fourth-order valence-corrected chi connectivity index (χ4v) is 2.23. The van der Waals surface area contributed by atoms with E-state index in [1.165, 1.54) is 11.2 Å². The molecule has 0 radical (unpaired) electrons. The Balaban J connectivity index is 2.13. The zero-order valence-electron chi connectivity index (χ0n) is 11.7. The van der Waals surface area contributed by atoms with Crippen molar-refractivity contribution in [1.82, 2.24) is 9.88 Å². The van der Waals surface area contributed by atoms with Crippen LogP contribution >= 0.6 is 0 Å². The third-order valence-electron chi connectivity index (χ3n) is 3.21. The summed E-state index contributed by atoms with van der Waals surface area (Å²) >= 11 is 0. The van der Waals surface area contributed by atoms with Gasteiger partial charge in [-0.2, -0.15) is 0 Å². The van der Waals surface area contributed by atoms with E-state index in [4.69, 9.17) is 9.52 Å². The number of hydrogen-bond donors (Lipinski definition) is 1. The van der Waals surface area contributed by atoms with Crippen molar-refractivity contribution >= 4 is 5.97 Å². The van der Waals surface area contributed by atoms with Crippen LogP contribution in [-0.4, -0.2) is 39.5 Å². The fourth-order valence-electron chi connectivity index (χ4n) is 2.23. The Labute approximate surface area is 115 Å². The van der Waals surface area contributed by atoms with Crippen LogP contribution in [-0.2, 0) is 16.8 Å². The molecule has 1 saturated heterocycles. The molecule has 20 heavy (non-hydrogen) atoms. The van der Waals surface area contributed by atoms with Gasteiger partial charge in [-0.1, -0.05) is 20.8 Å². The van der Waals surface area contributed by atoms with E-state index in [9.17, 15) is 13.6 Å². The SMILES string of the molecule is CC(C)(C)c1nc(CN2CC(F)(F)C[C@H]2C(=O)O)co1. The number of alkyl halides is 2. The Kier molecular flexibility index (Phi) is 3.58. The van der Waals surface area contributed by atoms with E-state index in [1.807, 2.05) is 20.8 Å². The van der Waals surface area contributed by atoms with Gasteiger partial charge in [0, 0.05) is 18.4 Å². The minimum absolute atomic E-state index is 0.0478. The predicted octanol–water partition coefficient (Wildman–Crippen LogP) is 2.27. The Morgan fingerprint density at radius 2 is 2.25 bits per heavy atom. The molecule has 1 aliphatic heterocycles. The highest BCUT2D eigenvalue weighted by Crippen LogP contribution is 2.33. The van der Waals surface area contributed by atoms with Crippen molar-refractivity contribution < 1.29 is 23.1 Å². The van der Waals surface area contributed by atoms with Crippen LogP contribution in [0.4, 0.5) is 8.78 Å². The molecule has 1 fully saturated rings. The zero-order valence-corrected chi connectivity index (χ0v) is 11.7. The maximum Gasteiger partial charge on any atom is 0.321 e. The largest absolute Gasteiger partial charge is 0.480 e. The second-order valence-corrected chi connectivity index (χ2v) is 6.21. The van der Waals surface area contributed by atoms with Crippen molar-refractivity contribution in [2.75, 3.05) is 6.54 Å². The summed E-state index contributed by atoms with van der Waals surface area (Å²) in [5, 5.41) is 9.01. The van der Waals surface area contributed by atoms with Crippen LogP contribution in [0.3, 0.4) is 0 Å². The molecule has 2 rings (SSSR count). The van der Waals surface area contributed by atoms with Gasteiger partial charge in [0.15, 0.2) is 5.89 Å². The molecule has 1 N–H and O–H groups in total. The van der Waals surface area contributed by atoms with Crippen molar-refractivity contribution in [1.29, 1.82) is 0 Å². The third-order valence-corrected chi connectivity index (χ3v) is 3.21. The number of oxazole rings is 1. The van der Waals surface area contributed by atoms with Crippen molar-refractivity contribution in [2.24, 2.45) is 0 Å². The molecule has 0 spiro atoms. The van der Waals surface area contributed by atoms with Crippen LogP contribution in [0.25, 0.3) is 0 Å². The van der Waals surface area contributed by atoms with Crippen molar-refractivity contribution in [3.63, 3.8) is 0 Å². The molecule has 0 saturated carbocycles. The molecule has 1 atom stereocenters. The van der Waals surface area contributed by atoms with Crippen LogP contribution in [0.15, 0.2) is 10.7 Å². The summed E-state index contributed by atoms with van der Waals surface area (Å²) in [6, 6.07) is -1.18. The summed E-state index contributed by atoms with van der Waals surface area (Å²) in [5.74, 6) is -3.70. The van der Waals surface area contributed by atoms with E-state index in [0.29, 0.717) is 11.6 Å². The Morgan fingerprint density at radius 1 is 1.60 bits per heavy atom. The summed E-state index contributed by atoms with van der Waals surface area (Å²) in [5.41, 5.74) is 0.193. The summed E-state index contributed by atoms with van der Waals surface area (Å²) < 4.78 is 32.0. The van der Waals surface area contributed by atoms with E-state index in [0.717, 1.165) is 0 Å². The molecule has 1 aromatic rings. The number of carboxylic acids is 1. The van der Waals surface area contributed by atoms with Gasteiger partial charge in [0.2, 0.25) is 0 Å². The van der Waals surface area contributed by atoms with E-state index < -0.39 is 30.9 Å². The summed E-state index contributed by atoms with van der Waals surface area (Å²) in [6.45, 7) is 5.25. The predicted molar refractivity (Wildman–Crippen MR) is 66.6 cm³/mol. The first-order chi connectivity index (χ1) is 9.08. The minimum Gasteiger partial charge on any atom is -0.480 e. The number of nitrogens with zero attached hydrogens (tertiary/aromatic N) is 2. The summed E-state index contributed by atoms with van der Waals surface area (Å²) in [4.78, 5) is 16.5. The molecule has 0 aliphatic carbocycles. The van der Waals surface area contributed by atoms with Gasteiger partial charge in [0.05, 0.1) is 12.2 Å². The highest BCUT2D eigenvalue weighted by molar-refractivity contribution is 5.74. The monoisotopic (exact) mass is 288 g/mol. The van der Waals surface area contributed by atoms with E-state index in [-0.39, 0.29) is 12.0 Å². The highest BCUT2D eigenvalue weighted by atomic mass is 19.3. The van der Waals surface area contributed by atoms with Crippen LogP contribution in [0, 0.1) is 0 Å². The van der Waals surface area contributed by atoms with Gasteiger partial charge in [0.1, 0.15) is 12.3 Å². The minimum atomic E-state index is -2.97. The lowest BCUT2D eigenvalue weighted by molar-refractivity contribution is -0.142. The van der Waals surface area contributed by atoms with Crippen molar-refractivity contribution in [2.45, 2.75) is 51.1 Å². The first-order valence-corrected chi connectivity index (χ1v) is 6.38. The molecule has 1 aliphatic rings. The second kappa shape index (κ2) is 4.80. The lowest BCUT2D eigenvalue weighted by atomic mass is 9.97. The smallest absolute Gasteiger partial charge is 0.321 e. The van der Waals surface area contributed by atoms with Crippen molar-refractivity contribution in [3.05, 3.63) is 17.8 Å². The lowest BCUT2D eigenvalue weighted by Gasteiger charge is -2.18. The molecular formula is C13H18F2N2O3. The Morgan fingerprint density at radius 3 is 2.75 bits per heavy atom. The fraction of sp³-hybridized carbons (Fsp3) is 0.692. The molecule has 112 valence electrons. The lowest BCUT2D eigenvalue weighted by Crippen LogP contribution is -2.35. The standard InChI is InChI=1S/C13H18F2N2O3/c1-12(2,3)11-16-8(6-20-11)5-17-7-13(14,15)4-9(17)10(18)19/h6,9H,4-5,7H2,1-3H3,(H,18,19)/t9-/m0/s1. The molecule has 2 heterocycles. The number of likely N-dealkylation sites (tertiary alicyclic amines) is 1. The van der Waals surface area contributed by atoms with Gasteiger partial charge in [-0.25, -0.2) is 13.8 Å². The molecule has 7 heteroatoms. The molecule has 0 unspecified atom stereocenters. The molecule has 0 amide bonds. The van der Waals surface area contributed by atoms with Gasteiger partial charge in [-0.15, -0.1) is 0 Å². The maximum absolute atomic E-state index is 13.4. The second-order valence-electron chi connectivity index (χ2n) is 6.21. The van der Waals surface area contributed by atoms with Crippen molar-refractivity contribution in [3.8, 4) is 0 Å². The topological polar surface area (TPSA) is 66.6 Å². The highest BCUT2D eigenvalue weighted by Gasteiger charge is 2.48. The van der Waals surface area contributed by atoms with Crippen LogP contribution < -0.4 is 0 Å². The average Bonchev–Trinajstić information content (AvgIpc) is 2.82. The van der Waals surface area contributed by atoms with Gasteiger partial charge < -0.3 is 9.52 Å². The number of carboxylic acid groups (broad SMARTS) is 1. The maximum atomic E-state index is 13.4. The van der Waals surface area contributed by atoms with Gasteiger partial charge in [-0.3, -0.25) is 9.69 Å². The van der Waals surface area contributed by atoms with Gasteiger partial charge in [-0.05, 0) is 0 Å². The normalized spacial score (nSPS) is 23.1. The molecule has 1 aromatic heterocycles.